The summed E-state index contributed by atoms with van der Waals surface area (Å²) in [7, 11) is 0. The van der Waals surface area contributed by atoms with E-state index in [9.17, 15) is 4.79 Å². The van der Waals surface area contributed by atoms with Crippen LogP contribution in [0.15, 0.2) is 24.3 Å². The molecule has 5 nitrogen and oxygen atoms in total. The highest BCUT2D eigenvalue weighted by Crippen LogP contribution is 2.12. The Morgan fingerprint density at radius 1 is 1.25 bits per heavy atom. The maximum absolute atomic E-state index is 11.7. The van der Waals surface area contributed by atoms with E-state index >= 15 is 0 Å². The molecule has 0 radical (unpaired) electrons. The van der Waals surface area contributed by atoms with E-state index in [4.69, 9.17) is 14.6 Å². The van der Waals surface area contributed by atoms with Crippen molar-refractivity contribution >= 4 is 5.91 Å². The molecule has 112 valence electrons. The van der Waals surface area contributed by atoms with Crippen molar-refractivity contribution in [2.75, 3.05) is 33.0 Å². The van der Waals surface area contributed by atoms with Crippen LogP contribution in [0.4, 0.5) is 0 Å². The Morgan fingerprint density at radius 3 is 2.65 bits per heavy atom. The number of rotatable bonds is 10. The largest absolute Gasteiger partial charge is 0.494 e. The van der Waals surface area contributed by atoms with Crippen molar-refractivity contribution in [1.29, 1.82) is 0 Å². The molecule has 0 aliphatic heterocycles. The second kappa shape index (κ2) is 10.2. The van der Waals surface area contributed by atoms with Gasteiger partial charge in [0.25, 0.3) is 0 Å². The first kappa shape index (κ1) is 16.5. The number of carbonyl (C=O) groups is 1. The second-order valence-electron chi connectivity index (χ2n) is 4.29. The van der Waals surface area contributed by atoms with Gasteiger partial charge in [0.15, 0.2) is 0 Å². The van der Waals surface area contributed by atoms with Crippen LogP contribution in [0.3, 0.4) is 0 Å². The summed E-state index contributed by atoms with van der Waals surface area (Å²) in [5.74, 6) is 0.814. The molecule has 0 bridgehead atoms. The summed E-state index contributed by atoms with van der Waals surface area (Å²) in [5.41, 5.74) is 0.961. The average Bonchev–Trinajstić information content (AvgIpc) is 2.45. The smallest absolute Gasteiger partial charge is 0.224 e. The molecule has 5 heteroatoms. The Morgan fingerprint density at radius 2 is 2.00 bits per heavy atom. The molecular formula is C15H23NO4. The molecule has 0 heterocycles. The van der Waals surface area contributed by atoms with Gasteiger partial charge in [0.2, 0.25) is 5.91 Å². The minimum Gasteiger partial charge on any atom is -0.494 e. The predicted molar refractivity (Wildman–Crippen MR) is 76.8 cm³/mol. The Bertz CT molecular complexity index is 378. The number of aliphatic hydroxyl groups excluding tert-OH is 1. The van der Waals surface area contributed by atoms with Crippen molar-refractivity contribution in [2.45, 2.75) is 19.8 Å². The third kappa shape index (κ3) is 7.11. The molecule has 0 fully saturated rings. The van der Waals surface area contributed by atoms with Crippen molar-refractivity contribution in [3.8, 4) is 5.75 Å². The molecule has 0 atom stereocenters. The van der Waals surface area contributed by atoms with E-state index < -0.39 is 0 Å². The number of hydrogen-bond donors (Lipinski definition) is 2. The van der Waals surface area contributed by atoms with E-state index in [1.165, 1.54) is 0 Å². The molecule has 1 aromatic rings. The Balaban J connectivity index is 2.18. The Kier molecular flexibility index (Phi) is 8.42. The monoisotopic (exact) mass is 281 g/mol. The fraction of sp³-hybridized carbons (Fsp3) is 0.533. The van der Waals surface area contributed by atoms with Crippen LogP contribution in [0.25, 0.3) is 0 Å². The summed E-state index contributed by atoms with van der Waals surface area (Å²) >= 11 is 0. The zero-order valence-corrected chi connectivity index (χ0v) is 11.9. The van der Waals surface area contributed by atoms with Gasteiger partial charge < -0.3 is 19.9 Å². The highest BCUT2D eigenvalue weighted by atomic mass is 16.5. The van der Waals surface area contributed by atoms with Crippen LogP contribution in [0.1, 0.15) is 18.9 Å². The normalized spacial score (nSPS) is 10.3. The van der Waals surface area contributed by atoms with E-state index in [2.05, 4.69) is 5.32 Å². The standard InChI is InChI=1S/C15H23NO4/c1-2-20-14-6-4-13(5-7-14)12-15(18)16-8-3-10-19-11-9-17/h4-7,17H,2-3,8-12H2,1H3,(H,16,18). The lowest BCUT2D eigenvalue weighted by Gasteiger charge is -2.07. The Hall–Kier alpha value is -1.59. The van der Waals surface area contributed by atoms with Gasteiger partial charge in [-0.1, -0.05) is 12.1 Å². The van der Waals surface area contributed by atoms with Crippen LogP contribution in [0.5, 0.6) is 5.75 Å². The molecule has 0 saturated heterocycles. The van der Waals surface area contributed by atoms with Gasteiger partial charge in [-0.15, -0.1) is 0 Å². The van der Waals surface area contributed by atoms with E-state index in [1.54, 1.807) is 0 Å². The number of ether oxygens (including phenoxy) is 2. The molecule has 0 spiro atoms. The summed E-state index contributed by atoms with van der Waals surface area (Å²) in [5, 5.41) is 11.4. The number of benzene rings is 1. The van der Waals surface area contributed by atoms with Crippen molar-refractivity contribution in [1.82, 2.24) is 5.32 Å². The number of aliphatic hydroxyl groups is 1. The van der Waals surface area contributed by atoms with E-state index in [0.29, 0.717) is 32.8 Å². The third-order valence-corrected chi connectivity index (χ3v) is 2.62. The van der Waals surface area contributed by atoms with Crippen molar-refractivity contribution in [3.05, 3.63) is 29.8 Å². The SMILES string of the molecule is CCOc1ccc(CC(=O)NCCCOCCO)cc1. The number of hydrogen-bond acceptors (Lipinski definition) is 4. The van der Waals surface area contributed by atoms with E-state index in [-0.39, 0.29) is 12.5 Å². The van der Waals surface area contributed by atoms with Crippen LogP contribution in [-0.2, 0) is 16.0 Å². The molecule has 0 unspecified atom stereocenters. The minimum absolute atomic E-state index is 0.00341. The lowest BCUT2D eigenvalue weighted by Crippen LogP contribution is -2.26. The molecule has 2 N–H and O–H groups in total. The van der Waals surface area contributed by atoms with Crippen molar-refractivity contribution < 1.29 is 19.4 Å². The molecule has 0 aliphatic carbocycles. The van der Waals surface area contributed by atoms with E-state index in [0.717, 1.165) is 17.7 Å². The second-order valence-corrected chi connectivity index (χ2v) is 4.29. The number of carbonyl (C=O) groups excluding carboxylic acids is 1. The first-order valence-corrected chi connectivity index (χ1v) is 6.93. The van der Waals surface area contributed by atoms with Gasteiger partial charge in [0, 0.05) is 13.2 Å². The summed E-state index contributed by atoms with van der Waals surface area (Å²) < 4.78 is 10.4. The lowest BCUT2D eigenvalue weighted by atomic mass is 10.1. The molecule has 0 saturated carbocycles. The number of amides is 1. The fourth-order valence-corrected chi connectivity index (χ4v) is 1.69. The van der Waals surface area contributed by atoms with E-state index in [1.807, 2.05) is 31.2 Å². The van der Waals surface area contributed by atoms with Crippen LogP contribution < -0.4 is 10.1 Å². The highest BCUT2D eigenvalue weighted by molar-refractivity contribution is 5.78. The van der Waals surface area contributed by atoms with Gasteiger partial charge in [0.05, 0.1) is 26.2 Å². The first-order valence-electron chi connectivity index (χ1n) is 6.93. The maximum atomic E-state index is 11.7. The minimum atomic E-state index is -0.00341. The zero-order valence-electron chi connectivity index (χ0n) is 11.9. The van der Waals surface area contributed by atoms with Crippen LogP contribution in [-0.4, -0.2) is 44.0 Å². The molecule has 0 aromatic heterocycles. The molecule has 20 heavy (non-hydrogen) atoms. The summed E-state index contributed by atoms with van der Waals surface area (Å²) in [6.45, 7) is 4.08. The molecule has 0 aliphatic rings. The first-order chi connectivity index (χ1) is 9.76. The zero-order chi connectivity index (χ0) is 14.6. The fourth-order valence-electron chi connectivity index (χ4n) is 1.69. The van der Waals surface area contributed by atoms with Crippen LogP contribution >= 0.6 is 0 Å². The van der Waals surface area contributed by atoms with Gasteiger partial charge in [0.1, 0.15) is 5.75 Å². The van der Waals surface area contributed by atoms with Gasteiger partial charge in [-0.2, -0.15) is 0 Å². The summed E-state index contributed by atoms with van der Waals surface area (Å²) in [6.07, 6.45) is 1.11. The third-order valence-electron chi connectivity index (χ3n) is 2.62. The topological polar surface area (TPSA) is 67.8 Å². The summed E-state index contributed by atoms with van der Waals surface area (Å²) in [6, 6.07) is 7.54. The van der Waals surface area contributed by atoms with Crippen LogP contribution in [0, 0.1) is 0 Å². The lowest BCUT2D eigenvalue weighted by molar-refractivity contribution is -0.120. The van der Waals surface area contributed by atoms with Crippen LogP contribution in [0.2, 0.25) is 0 Å². The van der Waals surface area contributed by atoms with Crippen molar-refractivity contribution in [2.24, 2.45) is 0 Å². The van der Waals surface area contributed by atoms with Crippen molar-refractivity contribution in [3.63, 3.8) is 0 Å². The maximum Gasteiger partial charge on any atom is 0.224 e. The molecular weight excluding hydrogens is 258 g/mol. The van der Waals surface area contributed by atoms with Gasteiger partial charge in [-0.25, -0.2) is 0 Å². The highest BCUT2D eigenvalue weighted by Gasteiger charge is 2.03. The molecule has 1 amide bonds. The molecule has 1 rings (SSSR count). The van der Waals surface area contributed by atoms with Gasteiger partial charge in [-0.3, -0.25) is 4.79 Å². The Labute approximate surface area is 119 Å². The predicted octanol–water partition coefficient (Wildman–Crippen LogP) is 1.14. The molecule has 1 aromatic carbocycles. The quantitative estimate of drug-likeness (QED) is 0.631. The van der Waals surface area contributed by atoms with Gasteiger partial charge >= 0.3 is 0 Å². The number of nitrogens with one attached hydrogen (secondary N) is 1. The van der Waals surface area contributed by atoms with Gasteiger partial charge in [-0.05, 0) is 31.0 Å². The average molecular weight is 281 g/mol. The summed E-state index contributed by atoms with van der Waals surface area (Å²) in [4.78, 5) is 11.7.